The number of rotatable bonds is 6. The molecule has 2 atom stereocenters. The molecule has 21 heavy (non-hydrogen) atoms. The molecule has 0 bridgehead atoms. The van der Waals surface area contributed by atoms with Crippen molar-refractivity contribution in [1.29, 1.82) is 0 Å². The number of aryl methyl sites for hydroxylation is 1. The first-order valence-electron chi connectivity index (χ1n) is 7.35. The summed E-state index contributed by atoms with van der Waals surface area (Å²) in [5, 5.41) is 10.0. The van der Waals surface area contributed by atoms with Gasteiger partial charge in [0.2, 0.25) is 0 Å². The molecule has 6 heteroatoms. The largest absolute Gasteiger partial charge is 0.372 e. The van der Waals surface area contributed by atoms with Gasteiger partial charge in [0.15, 0.2) is 0 Å². The fourth-order valence-electron chi connectivity index (χ4n) is 2.85. The third-order valence-corrected chi connectivity index (χ3v) is 5.58. The number of hydrogen-bond donors (Lipinski definition) is 1. The van der Waals surface area contributed by atoms with Gasteiger partial charge in [-0.1, -0.05) is 0 Å². The van der Waals surface area contributed by atoms with Crippen LogP contribution in [-0.4, -0.2) is 22.9 Å². The lowest BCUT2D eigenvalue weighted by molar-refractivity contribution is 0.0830. The molecular weight excluding hydrogens is 350 g/mol. The van der Waals surface area contributed by atoms with Crippen LogP contribution in [0.15, 0.2) is 28.2 Å². The lowest BCUT2D eigenvalue weighted by atomic mass is 9.99. The number of thiophene rings is 1. The van der Waals surface area contributed by atoms with Crippen molar-refractivity contribution in [3.63, 3.8) is 0 Å². The van der Waals surface area contributed by atoms with Crippen molar-refractivity contribution < 1.29 is 4.74 Å². The molecule has 1 aliphatic heterocycles. The molecule has 0 saturated carbocycles. The summed E-state index contributed by atoms with van der Waals surface area (Å²) in [7, 11) is 0. The zero-order valence-electron chi connectivity index (χ0n) is 12.1. The zero-order valence-corrected chi connectivity index (χ0v) is 14.5. The SMILES string of the molecule is CCn1nccc1[C@@H]1OCC[C@H]1CNCc1cc(Br)cs1. The second-order valence-corrected chi connectivity index (χ2v) is 7.19. The van der Waals surface area contributed by atoms with Gasteiger partial charge in [-0.2, -0.15) is 5.10 Å². The Hall–Kier alpha value is -0.690. The maximum Gasteiger partial charge on any atom is 0.103 e. The number of ether oxygens (including phenoxy) is 1. The standard InChI is InChI=1S/C15H20BrN3OS/c1-2-19-14(3-5-18-19)15-11(4-6-20-15)8-17-9-13-7-12(16)10-21-13/h3,5,7,10-11,15,17H,2,4,6,8-9H2,1H3/t11-,15+/m0/s1. The molecule has 0 unspecified atom stereocenters. The molecule has 0 amide bonds. The van der Waals surface area contributed by atoms with Crippen LogP contribution in [0.4, 0.5) is 0 Å². The molecule has 2 aromatic rings. The molecular formula is C15H20BrN3OS. The third-order valence-electron chi connectivity index (χ3n) is 3.88. The minimum absolute atomic E-state index is 0.176. The van der Waals surface area contributed by atoms with Gasteiger partial charge in [-0.3, -0.25) is 4.68 Å². The van der Waals surface area contributed by atoms with E-state index >= 15 is 0 Å². The van der Waals surface area contributed by atoms with Crippen LogP contribution in [0.1, 0.15) is 30.0 Å². The van der Waals surface area contributed by atoms with Crippen molar-refractivity contribution in [3.8, 4) is 0 Å². The second kappa shape index (κ2) is 7.05. The Labute approximate surface area is 137 Å². The molecule has 2 aromatic heterocycles. The third kappa shape index (κ3) is 3.56. The van der Waals surface area contributed by atoms with Crippen LogP contribution in [-0.2, 0) is 17.8 Å². The highest BCUT2D eigenvalue weighted by atomic mass is 79.9. The average molecular weight is 370 g/mol. The molecule has 1 N–H and O–H groups in total. The van der Waals surface area contributed by atoms with Crippen molar-refractivity contribution in [3.05, 3.63) is 38.8 Å². The maximum atomic E-state index is 5.95. The molecule has 1 saturated heterocycles. The monoisotopic (exact) mass is 369 g/mol. The number of aromatic nitrogens is 2. The van der Waals surface area contributed by atoms with Crippen LogP contribution in [0, 0.1) is 5.92 Å². The lowest BCUT2D eigenvalue weighted by Gasteiger charge is -2.19. The Morgan fingerprint density at radius 1 is 1.57 bits per heavy atom. The van der Waals surface area contributed by atoms with Gasteiger partial charge >= 0.3 is 0 Å². The van der Waals surface area contributed by atoms with E-state index in [1.807, 2.05) is 10.9 Å². The van der Waals surface area contributed by atoms with Gasteiger partial charge in [0, 0.05) is 53.1 Å². The second-order valence-electron chi connectivity index (χ2n) is 5.27. The van der Waals surface area contributed by atoms with E-state index < -0.39 is 0 Å². The highest BCUT2D eigenvalue weighted by molar-refractivity contribution is 9.10. The van der Waals surface area contributed by atoms with E-state index in [1.165, 1.54) is 15.0 Å². The van der Waals surface area contributed by atoms with Crippen LogP contribution in [0.5, 0.6) is 0 Å². The summed E-state index contributed by atoms with van der Waals surface area (Å²) in [4.78, 5) is 1.36. The Bertz CT molecular complexity index is 583. The van der Waals surface area contributed by atoms with Gasteiger partial charge in [0.25, 0.3) is 0 Å². The summed E-state index contributed by atoms with van der Waals surface area (Å²) < 4.78 is 9.16. The fourth-order valence-corrected chi connectivity index (χ4v) is 4.27. The van der Waals surface area contributed by atoms with Crippen LogP contribution >= 0.6 is 27.3 Å². The molecule has 3 heterocycles. The van der Waals surface area contributed by atoms with E-state index in [4.69, 9.17) is 4.74 Å². The fraction of sp³-hybridized carbons (Fsp3) is 0.533. The Morgan fingerprint density at radius 3 is 3.24 bits per heavy atom. The predicted molar refractivity (Wildman–Crippen MR) is 88.4 cm³/mol. The first-order valence-corrected chi connectivity index (χ1v) is 9.02. The van der Waals surface area contributed by atoms with Gasteiger partial charge in [-0.25, -0.2) is 0 Å². The van der Waals surface area contributed by atoms with Crippen LogP contribution in [0.25, 0.3) is 0 Å². The average Bonchev–Trinajstić information content (AvgIpc) is 3.18. The Balaban J connectivity index is 1.57. The molecule has 3 rings (SSSR count). The van der Waals surface area contributed by atoms with Crippen molar-refractivity contribution in [2.45, 2.75) is 32.5 Å². The predicted octanol–water partition coefficient (Wildman–Crippen LogP) is 3.59. The molecule has 0 aliphatic carbocycles. The number of hydrogen-bond acceptors (Lipinski definition) is 4. The van der Waals surface area contributed by atoms with Crippen LogP contribution in [0.3, 0.4) is 0 Å². The molecule has 1 fully saturated rings. The minimum atomic E-state index is 0.176. The quantitative estimate of drug-likeness (QED) is 0.845. The molecule has 4 nitrogen and oxygen atoms in total. The zero-order chi connectivity index (χ0) is 14.7. The molecule has 0 aromatic carbocycles. The maximum absolute atomic E-state index is 5.95. The molecule has 0 spiro atoms. The molecule has 0 radical (unpaired) electrons. The normalized spacial score (nSPS) is 22.0. The summed E-state index contributed by atoms with van der Waals surface area (Å²) in [5.74, 6) is 0.524. The van der Waals surface area contributed by atoms with Crippen molar-refractivity contribution >= 4 is 27.3 Å². The summed E-state index contributed by atoms with van der Waals surface area (Å²) >= 11 is 5.28. The summed E-state index contributed by atoms with van der Waals surface area (Å²) in [6.07, 6.45) is 3.16. The van der Waals surface area contributed by atoms with Crippen molar-refractivity contribution in [2.24, 2.45) is 5.92 Å². The van der Waals surface area contributed by atoms with Crippen molar-refractivity contribution in [1.82, 2.24) is 15.1 Å². The number of halogens is 1. The highest BCUT2D eigenvalue weighted by Crippen LogP contribution is 2.34. The summed E-state index contributed by atoms with van der Waals surface area (Å²) in [5.41, 5.74) is 1.21. The first kappa shape index (κ1) is 15.2. The lowest BCUT2D eigenvalue weighted by Crippen LogP contribution is -2.25. The van der Waals surface area contributed by atoms with Gasteiger partial charge in [0.05, 0.1) is 5.69 Å². The van der Waals surface area contributed by atoms with E-state index in [2.05, 4.69) is 50.8 Å². The summed E-state index contributed by atoms with van der Waals surface area (Å²) in [6, 6.07) is 4.26. The van der Waals surface area contributed by atoms with Gasteiger partial charge in [-0.05, 0) is 41.4 Å². The molecule has 1 aliphatic rings. The number of nitrogens with one attached hydrogen (secondary N) is 1. The topological polar surface area (TPSA) is 39.1 Å². The van der Waals surface area contributed by atoms with Crippen LogP contribution < -0.4 is 5.32 Å². The van der Waals surface area contributed by atoms with E-state index in [-0.39, 0.29) is 6.10 Å². The van der Waals surface area contributed by atoms with Gasteiger partial charge < -0.3 is 10.1 Å². The van der Waals surface area contributed by atoms with E-state index in [9.17, 15) is 0 Å². The van der Waals surface area contributed by atoms with Crippen LogP contribution in [0.2, 0.25) is 0 Å². The van der Waals surface area contributed by atoms with E-state index in [1.54, 1.807) is 11.3 Å². The van der Waals surface area contributed by atoms with E-state index in [0.29, 0.717) is 5.92 Å². The van der Waals surface area contributed by atoms with E-state index in [0.717, 1.165) is 32.7 Å². The summed E-state index contributed by atoms with van der Waals surface area (Å²) in [6.45, 7) is 5.76. The Kier molecular flexibility index (Phi) is 5.11. The molecule has 114 valence electrons. The number of nitrogens with zero attached hydrogens (tertiary/aromatic N) is 2. The highest BCUT2D eigenvalue weighted by Gasteiger charge is 2.31. The minimum Gasteiger partial charge on any atom is -0.372 e. The van der Waals surface area contributed by atoms with Gasteiger partial charge in [-0.15, -0.1) is 11.3 Å². The smallest absolute Gasteiger partial charge is 0.103 e. The Morgan fingerprint density at radius 2 is 2.48 bits per heavy atom. The first-order chi connectivity index (χ1) is 10.3. The van der Waals surface area contributed by atoms with Gasteiger partial charge in [0.1, 0.15) is 6.10 Å². The van der Waals surface area contributed by atoms with Crippen molar-refractivity contribution in [2.75, 3.05) is 13.2 Å².